The van der Waals surface area contributed by atoms with E-state index in [0.29, 0.717) is 31.8 Å². The summed E-state index contributed by atoms with van der Waals surface area (Å²) < 4.78 is 11.2. The van der Waals surface area contributed by atoms with Gasteiger partial charge in [-0.2, -0.15) is 0 Å². The first-order chi connectivity index (χ1) is 30.1. The van der Waals surface area contributed by atoms with Crippen LogP contribution in [-0.2, 0) is 48.4 Å². The van der Waals surface area contributed by atoms with Crippen LogP contribution in [0.4, 0.5) is 23.0 Å². The van der Waals surface area contributed by atoms with Crippen molar-refractivity contribution in [2.45, 2.75) is 71.9 Å². The number of hydrogen-bond acceptors (Lipinski definition) is 14. The SMILES string of the molecule is COc1cc2c(cc1Nc1ncnc3sc4c(c13)CCC(C(=O)N1CCC(C)(C)C1)C4)C=NC2.COc1cc2c(cc1Nc1ncnc3sc4c(c13)CCC(C(=O)O)C4)C=NC2. The zero-order chi connectivity index (χ0) is 42.7. The van der Waals surface area contributed by atoms with Crippen molar-refractivity contribution in [1.29, 1.82) is 0 Å². The number of aryl methyl sites for hydroxylation is 2. The average molecular weight is 870 g/mol. The number of aromatic nitrogens is 4. The molecule has 6 aromatic rings. The standard InChI is InChI=1S/C26H29N5O2S.C20H18N4O3S/c1-26(2)6-7-31(13-26)25(32)15-4-5-18-21(10-15)34-24-22(18)23(28-14-29-24)30-19-8-16-11-27-12-17(16)9-20(19)33-3;1-27-15-5-12-8-21-7-11(12)4-14(15)24-18-17-13-3-2-10(20(25)26)6-16(13)28-19(17)23-9-22-18/h8-9,11,14-15H,4-7,10,12-13H2,1-3H3,(H,28,29,30);4-5,7,9-10H,2-3,6,8H2,1H3,(H,25,26)(H,22,23,24). The highest BCUT2D eigenvalue weighted by Gasteiger charge is 2.37. The molecule has 1 fully saturated rings. The molecule has 16 heteroatoms. The lowest BCUT2D eigenvalue weighted by Crippen LogP contribution is -2.37. The van der Waals surface area contributed by atoms with Crippen LogP contribution < -0.4 is 20.1 Å². The number of benzene rings is 2. The molecule has 4 aromatic heterocycles. The Bertz CT molecular complexity index is 2850. The summed E-state index contributed by atoms with van der Waals surface area (Å²) in [6.07, 6.45) is 12.5. The lowest BCUT2D eigenvalue weighted by atomic mass is 9.86. The third-order valence-electron chi connectivity index (χ3n) is 12.8. The number of carbonyl (C=O) groups excluding carboxylic acids is 1. The number of amides is 1. The summed E-state index contributed by atoms with van der Waals surface area (Å²) in [4.78, 5) is 57.7. The molecule has 1 amide bonds. The van der Waals surface area contributed by atoms with Crippen molar-refractivity contribution in [3.05, 3.63) is 80.1 Å². The molecular weight excluding hydrogens is 823 g/mol. The molecule has 7 heterocycles. The van der Waals surface area contributed by atoms with Gasteiger partial charge in [-0.05, 0) is 108 Å². The third kappa shape index (κ3) is 7.42. The maximum absolute atomic E-state index is 13.3. The van der Waals surface area contributed by atoms with Crippen LogP contribution in [0.2, 0.25) is 0 Å². The highest BCUT2D eigenvalue weighted by Crippen LogP contribution is 2.44. The van der Waals surface area contributed by atoms with Crippen molar-refractivity contribution >= 4 is 90.4 Å². The van der Waals surface area contributed by atoms with Crippen LogP contribution in [0.15, 0.2) is 46.9 Å². The Kier molecular flexibility index (Phi) is 10.4. The van der Waals surface area contributed by atoms with Crippen molar-refractivity contribution in [2.24, 2.45) is 27.2 Å². The molecular formula is C46H47N9O5S2. The van der Waals surface area contributed by atoms with E-state index in [4.69, 9.17) is 9.47 Å². The van der Waals surface area contributed by atoms with E-state index in [1.165, 1.54) is 21.6 Å². The summed E-state index contributed by atoms with van der Waals surface area (Å²) in [5.41, 5.74) is 8.87. The average Bonchev–Trinajstić information content (AvgIpc) is 4.12. The number of carboxylic acids is 1. The molecule has 14 nitrogen and oxygen atoms in total. The quantitative estimate of drug-likeness (QED) is 0.134. The summed E-state index contributed by atoms with van der Waals surface area (Å²) >= 11 is 3.27. The number of aliphatic imine (C=N–C) groups is 2. The fourth-order valence-corrected chi connectivity index (χ4v) is 12.0. The van der Waals surface area contributed by atoms with E-state index in [-0.39, 0.29) is 17.3 Å². The number of fused-ring (bicyclic) bond motifs is 8. The number of likely N-dealkylation sites (tertiary alicyclic amines) is 1. The third-order valence-corrected chi connectivity index (χ3v) is 15.1. The molecule has 0 spiro atoms. The maximum atomic E-state index is 13.3. The molecule has 318 valence electrons. The van der Waals surface area contributed by atoms with Crippen LogP contribution in [0.25, 0.3) is 20.4 Å². The first-order valence-corrected chi connectivity index (χ1v) is 22.7. The molecule has 1 saturated heterocycles. The number of aliphatic carboxylic acids is 1. The van der Waals surface area contributed by atoms with Crippen LogP contribution >= 0.6 is 22.7 Å². The Balaban J connectivity index is 0.000000151. The zero-order valence-electron chi connectivity index (χ0n) is 35.1. The lowest BCUT2D eigenvalue weighted by molar-refractivity contribution is -0.142. The number of nitrogens with zero attached hydrogens (tertiary/aromatic N) is 7. The van der Waals surface area contributed by atoms with Gasteiger partial charge in [-0.1, -0.05) is 13.8 Å². The summed E-state index contributed by atoms with van der Waals surface area (Å²) in [6.45, 7) is 7.62. The number of methoxy groups -OCH3 is 2. The number of thiophene rings is 2. The van der Waals surface area contributed by atoms with E-state index >= 15 is 0 Å². The predicted octanol–water partition coefficient (Wildman–Crippen LogP) is 8.30. The Labute approximate surface area is 366 Å². The summed E-state index contributed by atoms with van der Waals surface area (Å²) in [5, 5.41) is 18.4. The topological polar surface area (TPSA) is 176 Å². The summed E-state index contributed by atoms with van der Waals surface area (Å²) in [5.74, 6) is 2.38. The van der Waals surface area contributed by atoms with Gasteiger partial charge >= 0.3 is 5.97 Å². The van der Waals surface area contributed by atoms with Crippen molar-refractivity contribution in [3.63, 3.8) is 0 Å². The van der Waals surface area contributed by atoms with Crippen LogP contribution in [0.3, 0.4) is 0 Å². The number of carboxylic acid groups (broad SMARTS) is 1. The van der Waals surface area contributed by atoms with Gasteiger partial charge in [-0.25, -0.2) is 19.9 Å². The molecule has 5 aliphatic rings. The number of carbonyl (C=O) groups is 2. The number of hydrogen-bond donors (Lipinski definition) is 3. The molecule has 2 aromatic carbocycles. The highest BCUT2D eigenvalue weighted by atomic mass is 32.1. The fraction of sp³-hybridized carbons (Fsp3) is 0.391. The van der Waals surface area contributed by atoms with Crippen LogP contribution in [0, 0.1) is 17.3 Å². The molecule has 0 saturated carbocycles. The first kappa shape index (κ1) is 40.1. The number of rotatable bonds is 8. The van der Waals surface area contributed by atoms with E-state index in [2.05, 4.69) is 65.4 Å². The molecule has 62 heavy (non-hydrogen) atoms. The second kappa shape index (κ2) is 16.0. The smallest absolute Gasteiger partial charge is 0.306 e. The van der Waals surface area contributed by atoms with Gasteiger partial charge in [0.25, 0.3) is 0 Å². The monoisotopic (exact) mass is 869 g/mol. The highest BCUT2D eigenvalue weighted by molar-refractivity contribution is 7.19. The van der Waals surface area contributed by atoms with Crippen molar-refractivity contribution in [1.82, 2.24) is 24.8 Å². The number of ether oxygens (including phenoxy) is 2. The first-order valence-electron chi connectivity index (χ1n) is 21.0. The molecule has 2 atom stereocenters. The Morgan fingerprint density at radius 2 is 1.27 bits per heavy atom. The maximum Gasteiger partial charge on any atom is 0.306 e. The van der Waals surface area contributed by atoms with E-state index in [1.54, 1.807) is 49.5 Å². The van der Waals surface area contributed by atoms with E-state index in [1.807, 2.05) is 30.6 Å². The Morgan fingerprint density at radius 1 is 0.758 bits per heavy atom. The molecule has 0 radical (unpaired) electrons. The molecule has 2 aliphatic carbocycles. The largest absolute Gasteiger partial charge is 0.495 e. The zero-order valence-corrected chi connectivity index (χ0v) is 36.7. The minimum atomic E-state index is -0.725. The van der Waals surface area contributed by atoms with Crippen molar-refractivity contribution in [3.8, 4) is 11.5 Å². The Hall–Kier alpha value is -6.00. The molecule has 2 unspecified atom stereocenters. The lowest BCUT2D eigenvalue weighted by Gasteiger charge is -2.27. The van der Waals surface area contributed by atoms with Gasteiger partial charge in [-0.15, -0.1) is 22.7 Å². The van der Waals surface area contributed by atoms with Crippen LogP contribution in [-0.4, -0.2) is 81.6 Å². The minimum absolute atomic E-state index is 0.0647. The molecule has 3 N–H and O–H groups in total. The van der Waals surface area contributed by atoms with E-state index in [0.717, 1.165) is 122 Å². The summed E-state index contributed by atoms with van der Waals surface area (Å²) in [7, 11) is 3.33. The van der Waals surface area contributed by atoms with Gasteiger partial charge < -0.3 is 30.1 Å². The molecule has 0 bridgehead atoms. The van der Waals surface area contributed by atoms with Gasteiger partial charge in [0.1, 0.15) is 45.5 Å². The Morgan fingerprint density at radius 3 is 1.76 bits per heavy atom. The van der Waals surface area contributed by atoms with E-state index in [9.17, 15) is 14.7 Å². The molecule has 11 rings (SSSR count). The number of nitrogens with one attached hydrogen (secondary N) is 2. The van der Waals surface area contributed by atoms with E-state index < -0.39 is 5.97 Å². The van der Waals surface area contributed by atoms with Gasteiger partial charge in [0.15, 0.2) is 0 Å². The van der Waals surface area contributed by atoms with Crippen LogP contribution in [0.1, 0.15) is 76.2 Å². The van der Waals surface area contributed by atoms with Gasteiger partial charge in [0, 0.05) is 41.2 Å². The second-order valence-electron chi connectivity index (χ2n) is 17.4. The van der Waals surface area contributed by atoms with Gasteiger partial charge in [-0.3, -0.25) is 19.6 Å². The fourth-order valence-electron chi connectivity index (χ4n) is 9.45. The number of anilines is 4. The second-order valence-corrected chi connectivity index (χ2v) is 19.6. The normalized spacial score (nSPS) is 19.1. The van der Waals surface area contributed by atoms with Crippen molar-refractivity contribution in [2.75, 3.05) is 37.9 Å². The summed E-state index contributed by atoms with van der Waals surface area (Å²) in [6, 6.07) is 8.15. The minimum Gasteiger partial charge on any atom is -0.495 e. The van der Waals surface area contributed by atoms with Crippen LogP contribution in [0.5, 0.6) is 11.5 Å². The van der Waals surface area contributed by atoms with Crippen molar-refractivity contribution < 1.29 is 24.2 Å². The predicted molar refractivity (Wildman–Crippen MR) is 244 cm³/mol. The van der Waals surface area contributed by atoms with Gasteiger partial charge in [0.2, 0.25) is 5.91 Å². The molecule has 3 aliphatic heterocycles. The van der Waals surface area contributed by atoms with Gasteiger partial charge in [0.05, 0.1) is 55.4 Å².